The highest BCUT2D eigenvalue weighted by atomic mass is 32.2. The predicted molar refractivity (Wildman–Crippen MR) is 123 cm³/mol. The second-order valence-corrected chi connectivity index (χ2v) is 12.7. The van der Waals surface area contributed by atoms with Gasteiger partial charge in [0.25, 0.3) is 5.91 Å². The first-order chi connectivity index (χ1) is 15.7. The van der Waals surface area contributed by atoms with E-state index in [9.17, 15) is 18.0 Å². The molecule has 1 aromatic carbocycles. The monoisotopic (exact) mass is 474 g/mol. The van der Waals surface area contributed by atoms with Crippen LogP contribution in [0.3, 0.4) is 0 Å². The molecule has 5 fully saturated rings. The number of carbonyl (C=O) groups excluding carboxylic acids is 2. The molecule has 6 rings (SSSR count). The molecular formula is C25H34N2O5S. The van der Waals surface area contributed by atoms with Crippen molar-refractivity contribution >= 4 is 21.9 Å². The first-order valence-corrected chi connectivity index (χ1v) is 13.8. The van der Waals surface area contributed by atoms with E-state index in [-0.39, 0.29) is 21.9 Å². The Balaban J connectivity index is 1.19. The largest absolute Gasteiger partial charge is 0.449 e. The number of nitrogens with one attached hydrogen (secondary N) is 1. The smallest absolute Gasteiger partial charge is 0.338 e. The maximum absolute atomic E-state index is 12.9. The van der Waals surface area contributed by atoms with Crippen molar-refractivity contribution in [1.82, 2.24) is 9.62 Å². The topological polar surface area (TPSA) is 92.8 Å². The van der Waals surface area contributed by atoms with Gasteiger partial charge in [0.15, 0.2) is 6.10 Å². The normalized spacial score (nSPS) is 32.3. The number of esters is 1. The molecule has 0 radical (unpaired) electrons. The van der Waals surface area contributed by atoms with Crippen LogP contribution in [0, 0.1) is 17.8 Å². The number of benzene rings is 1. The van der Waals surface area contributed by atoms with Crippen molar-refractivity contribution in [3.8, 4) is 0 Å². The van der Waals surface area contributed by atoms with E-state index in [2.05, 4.69) is 5.32 Å². The second-order valence-electron chi connectivity index (χ2n) is 10.7. The molecule has 33 heavy (non-hydrogen) atoms. The zero-order valence-electron chi connectivity index (χ0n) is 19.3. The van der Waals surface area contributed by atoms with Crippen LogP contribution in [0.1, 0.15) is 75.1 Å². The summed E-state index contributed by atoms with van der Waals surface area (Å²) in [5, 5.41) is 3.25. The Bertz CT molecular complexity index is 978. The lowest BCUT2D eigenvalue weighted by Gasteiger charge is -2.57. The number of nitrogens with zero attached hydrogens (tertiary/aromatic N) is 1. The van der Waals surface area contributed by atoms with Gasteiger partial charge in [0, 0.05) is 18.6 Å². The summed E-state index contributed by atoms with van der Waals surface area (Å²) < 4.78 is 32.5. The quantitative estimate of drug-likeness (QED) is 0.637. The summed E-state index contributed by atoms with van der Waals surface area (Å²) in [6.07, 6.45) is 8.89. The van der Waals surface area contributed by atoms with Crippen LogP contribution >= 0.6 is 0 Å². The van der Waals surface area contributed by atoms with Gasteiger partial charge in [0.1, 0.15) is 0 Å². The third-order valence-electron chi connectivity index (χ3n) is 8.12. The summed E-state index contributed by atoms with van der Waals surface area (Å²) in [7, 11) is -3.55. The molecule has 1 aliphatic heterocycles. The average molecular weight is 475 g/mol. The summed E-state index contributed by atoms with van der Waals surface area (Å²) in [5.74, 6) is 1.29. The third-order valence-corrected chi connectivity index (χ3v) is 10.0. The Morgan fingerprint density at radius 1 is 0.970 bits per heavy atom. The van der Waals surface area contributed by atoms with Crippen molar-refractivity contribution in [2.24, 2.45) is 17.8 Å². The van der Waals surface area contributed by atoms with Crippen LogP contribution in [0.25, 0.3) is 0 Å². The molecule has 0 spiro atoms. The lowest BCUT2D eigenvalue weighted by atomic mass is 9.53. The molecule has 1 heterocycles. The summed E-state index contributed by atoms with van der Waals surface area (Å²) in [6.45, 7) is 2.66. The maximum atomic E-state index is 12.9. The fourth-order valence-corrected chi connectivity index (χ4v) is 8.44. The number of amides is 1. The fraction of sp³-hybridized carbons (Fsp3) is 0.680. The summed E-state index contributed by atoms with van der Waals surface area (Å²) in [5.41, 5.74) is 0.110. The van der Waals surface area contributed by atoms with Crippen molar-refractivity contribution in [1.29, 1.82) is 0 Å². The minimum Gasteiger partial charge on any atom is -0.449 e. The number of ether oxygens (including phenoxy) is 1. The van der Waals surface area contributed by atoms with Crippen LogP contribution in [0.15, 0.2) is 29.2 Å². The van der Waals surface area contributed by atoms with Gasteiger partial charge in [-0.25, -0.2) is 13.2 Å². The van der Waals surface area contributed by atoms with E-state index in [4.69, 9.17) is 4.74 Å². The van der Waals surface area contributed by atoms with Gasteiger partial charge in [-0.1, -0.05) is 6.42 Å². The highest BCUT2D eigenvalue weighted by Gasteiger charge is 2.51. The second kappa shape index (κ2) is 8.69. The molecule has 4 aliphatic carbocycles. The zero-order valence-corrected chi connectivity index (χ0v) is 20.1. The molecule has 7 nitrogen and oxygen atoms in total. The molecule has 4 bridgehead atoms. The van der Waals surface area contributed by atoms with Gasteiger partial charge in [-0.3, -0.25) is 4.79 Å². The lowest BCUT2D eigenvalue weighted by molar-refractivity contribution is -0.134. The Morgan fingerprint density at radius 3 is 2.06 bits per heavy atom. The summed E-state index contributed by atoms with van der Waals surface area (Å²) >= 11 is 0. The summed E-state index contributed by atoms with van der Waals surface area (Å²) in [4.78, 5) is 25.7. The highest BCUT2D eigenvalue weighted by molar-refractivity contribution is 7.89. The van der Waals surface area contributed by atoms with Gasteiger partial charge in [0.2, 0.25) is 10.0 Å². The van der Waals surface area contributed by atoms with Crippen LogP contribution in [-0.4, -0.2) is 49.3 Å². The SMILES string of the molecule is C[C@@H](OC(=O)c1ccc(S(=O)(=O)N2CCCCC2)cc1)C(=O)NC12CC3CC(CC(C3)C1)C2. The first-order valence-electron chi connectivity index (χ1n) is 12.4. The average Bonchev–Trinajstić information content (AvgIpc) is 2.78. The van der Waals surface area contributed by atoms with E-state index < -0.39 is 22.1 Å². The molecule has 1 amide bonds. The van der Waals surface area contributed by atoms with Gasteiger partial charge < -0.3 is 10.1 Å². The van der Waals surface area contributed by atoms with E-state index >= 15 is 0 Å². The molecular weight excluding hydrogens is 440 g/mol. The standard InChI is InChI=1S/C25H34N2O5S/c1-17(23(28)26-25-14-18-11-19(15-25)13-20(12-18)16-25)32-24(29)21-5-7-22(8-6-21)33(30,31)27-9-3-2-4-10-27/h5-8,17-20H,2-4,9-16H2,1H3,(H,26,28)/t17-,18?,19?,20?,25?/m1/s1. The molecule has 8 heteroatoms. The van der Waals surface area contributed by atoms with Crippen molar-refractivity contribution in [3.05, 3.63) is 29.8 Å². The van der Waals surface area contributed by atoms with Gasteiger partial charge >= 0.3 is 5.97 Å². The Morgan fingerprint density at radius 2 is 1.52 bits per heavy atom. The van der Waals surface area contributed by atoms with Crippen LogP contribution in [0.4, 0.5) is 0 Å². The number of carbonyl (C=O) groups is 2. The van der Waals surface area contributed by atoms with E-state index in [0.717, 1.165) is 38.5 Å². The summed E-state index contributed by atoms with van der Waals surface area (Å²) in [6, 6.07) is 5.81. The van der Waals surface area contributed by atoms with Crippen molar-refractivity contribution in [2.75, 3.05) is 13.1 Å². The van der Waals surface area contributed by atoms with Crippen LogP contribution in [0.2, 0.25) is 0 Å². The number of piperidine rings is 1. The van der Waals surface area contributed by atoms with Gasteiger partial charge in [-0.2, -0.15) is 4.31 Å². The van der Waals surface area contributed by atoms with Crippen molar-refractivity contribution in [3.63, 3.8) is 0 Å². The highest BCUT2D eigenvalue weighted by Crippen LogP contribution is 2.55. The molecule has 5 aliphatic rings. The number of hydrogen-bond acceptors (Lipinski definition) is 5. The number of rotatable bonds is 6. The van der Waals surface area contributed by atoms with Crippen LogP contribution in [-0.2, 0) is 19.6 Å². The van der Waals surface area contributed by atoms with Crippen LogP contribution < -0.4 is 5.32 Å². The predicted octanol–water partition coefficient (Wildman–Crippen LogP) is 3.49. The molecule has 0 unspecified atom stereocenters. The van der Waals surface area contributed by atoms with Gasteiger partial charge in [-0.15, -0.1) is 0 Å². The Labute approximate surface area is 196 Å². The molecule has 4 saturated carbocycles. The molecule has 1 saturated heterocycles. The molecule has 1 aromatic rings. The minimum atomic E-state index is -3.55. The van der Waals surface area contributed by atoms with Crippen molar-refractivity contribution < 1.29 is 22.7 Å². The molecule has 180 valence electrons. The minimum absolute atomic E-state index is 0.128. The molecule has 1 atom stereocenters. The van der Waals surface area contributed by atoms with E-state index in [1.807, 2.05) is 0 Å². The molecule has 1 N–H and O–H groups in total. The maximum Gasteiger partial charge on any atom is 0.338 e. The van der Waals surface area contributed by atoms with E-state index in [0.29, 0.717) is 30.8 Å². The molecule has 0 aromatic heterocycles. The number of hydrogen-bond donors (Lipinski definition) is 1. The van der Waals surface area contributed by atoms with E-state index in [1.165, 1.54) is 47.8 Å². The number of sulfonamides is 1. The fourth-order valence-electron chi connectivity index (χ4n) is 6.93. The van der Waals surface area contributed by atoms with Gasteiger partial charge in [-0.05, 0) is 100 Å². The lowest BCUT2D eigenvalue weighted by Crippen LogP contribution is -2.61. The van der Waals surface area contributed by atoms with Crippen LogP contribution in [0.5, 0.6) is 0 Å². The zero-order chi connectivity index (χ0) is 23.2. The Hall–Kier alpha value is -1.93. The van der Waals surface area contributed by atoms with E-state index in [1.54, 1.807) is 6.92 Å². The Kier molecular flexibility index (Phi) is 6.02. The third kappa shape index (κ3) is 4.56. The van der Waals surface area contributed by atoms with Gasteiger partial charge in [0.05, 0.1) is 10.5 Å². The van der Waals surface area contributed by atoms with Crippen molar-refractivity contribution in [2.45, 2.75) is 81.2 Å². The first kappa shape index (κ1) is 22.8.